The molecule has 1 aliphatic carbocycles. The van der Waals surface area contributed by atoms with Gasteiger partial charge in [-0.3, -0.25) is 9.20 Å². The standard InChI is InChI=1S/C25H27F3N4O/c1-4-5-17-12-21(29-9-8-25(26,27)28)23-30-13-22(32(23)14-17)18-6-7-19(15(2)10-18)24(33)31-20-11-16(20)3/h4-7,10,12-14,16,20,29H,8-9,11H2,1-3H3,(H,31,33)/t16-,20-/m0/s1. The van der Waals surface area contributed by atoms with Crippen LogP contribution in [0.3, 0.4) is 0 Å². The number of benzene rings is 1. The van der Waals surface area contributed by atoms with E-state index in [1.807, 2.05) is 54.8 Å². The van der Waals surface area contributed by atoms with E-state index in [1.54, 1.807) is 12.3 Å². The van der Waals surface area contributed by atoms with Gasteiger partial charge in [0.05, 0.1) is 24.0 Å². The molecule has 0 unspecified atom stereocenters. The number of anilines is 1. The summed E-state index contributed by atoms with van der Waals surface area (Å²) in [7, 11) is 0. The Balaban J connectivity index is 1.66. The van der Waals surface area contributed by atoms with Gasteiger partial charge in [0.1, 0.15) is 0 Å². The van der Waals surface area contributed by atoms with E-state index in [4.69, 9.17) is 0 Å². The van der Waals surface area contributed by atoms with Crippen molar-refractivity contribution in [3.05, 3.63) is 59.4 Å². The Morgan fingerprint density at radius 2 is 2.06 bits per heavy atom. The van der Waals surface area contributed by atoms with Crippen LogP contribution in [0.5, 0.6) is 0 Å². The van der Waals surface area contributed by atoms with Gasteiger partial charge < -0.3 is 10.6 Å². The van der Waals surface area contributed by atoms with Gasteiger partial charge >= 0.3 is 6.18 Å². The van der Waals surface area contributed by atoms with Gasteiger partial charge in [0.15, 0.2) is 5.65 Å². The number of rotatable bonds is 7. The third kappa shape index (κ3) is 5.21. The fraction of sp³-hybridized carbons (Fsp3) is 0.360. The molecule has 2 atom stereocenters. The third-order valence-electron chi connectivity index (χ3n) is 5.90. The summed E-state index contributed by atoms with van der Waals surface area (Å²) in [5.41, 5.74) is 5.06. The number of alkyl halides is 3. The molecule has 0 spiro atoms. The monoisotopic (exact) mass is 456 g/mol. The summed E-state index contributed by atoms with van der Waals surface area (Å²) in [6.07, 6.45) is 3.21. The molecule has 1 aliphatic rings. The minimum atomic E-state index is -4.23. The van der Waals surface area contributed by atoms with Crippen molar-refractivity contribution in [1.29, 1.82) is 0 Å². The molecule has 1 amide bonds. The zero-order valence-corrected chi connectivity index (χ0v) is 18.8. The van der Waals surface area contributed by atoms with Crippen molar-refractivity contribution in [2.75, 3.05) is 11.9 Å². The Bertz CT molecular complexity index is 1210. The van der Waals surface area contributed by atoms with Crippen LogP contribution in [0, 0.1) is 12.8 Å². The molecule has 1 saturated carbocycles. The number of hydrogen-bond acceptors (Lipinski definition) is 3. The molecule has 2 heterocycles. The fourth-order valence-corrected chi connectivity index (χ4v) is 3.92. The molecule has 174 valence electrons. The minimum absolute atomic E-state index is 0.0712. The van der Waals surface area contributed by atoms with Crippen LogP contribution in [0.4, 0.5) is 18.9 Å². The van der Waals surface area contributed by atoms with Crippen LogP contribution >= 0.6 is 0 Å². The van der Waals surface area contributed by atoms with E-state index in [9.17, 15) is 18.0 Å². The van der Waals surface area contributed by atoms with E-state index in [0.717, 1.165) is 28.8 Å². The first-order valence-electron chi connectivity index (χ1n) is 11.0. The molecule has 3 aromatic rings. The van der Waals surface area contributed by atoms with E-state index >= 15 is 0 Å². The molecular weight excluding hydrogens is 429 g/mol. The topological polar surface area (TPSA) is 58.4 Å². The maximum atomic E-state index is 12.6. The highest BCUT2D eigenvalue weighted by atomic mass is 19.4. The highest BCUT2D eigenvalue weighted by molar-refractivity contribution is 5.96. The van der Waals surface area contributed by atoms with Crippen LogP contribution in [0.15, 0.2) is 42.7 Å². The maximum Gasteiger partial charge on any atom is 0.390 e. The van der Waals surface area contributed by atoms with Crippen molar-refractivity contribution in [1.82, 2.24) is 14.7 Å². The number of nitrogens with zero attached hydrogens (tertiary/aromatic N) is 2. The molecule has 1 aromatic carbocycles. The lowest BCUT2D eigenvalue weighted by atomic mass is 10.0. The molecule has 0 aliphatic heterocycles. The molecule has 0 bridgehead atoms. The van der Waals surface area contributed by atoms with Crippen molar-refractivity contribution >= 4 is 23.3 Å². The predicted octanol–water partition coefficient (Wildman–Crippen LogP) is 5.85. The van der Waals surface area contributed by atoms with Gasteiger partial charge in [0.25, 0.3) is 5.91 Å². The molecule has 2 N–H and O–H groups in total. The van der Waals surface area contributed by atoms with E-state index in [1.165, 1.54) is 0 Å². The highest BCUT2D eigenvalue weighted by Gasteiger charge is 2.34. The summed E-state index contributed by atoms with van der Waals surface area (Å²) in [5.74, 6) is 0.454. The summed E-state index contributed by atoms with van der Waals surface area (Å²) in [6.45, 7) is 5.65. The molecule has 1 fully saturated rings. The SMILES string of the molecule is CC=Cc1cc(NCCC(F)(F)F)c2ncc(-c3ccc(C(=O)N[C@H]4C[C@@H]4C)c(C)c3)n2c1. The second-order valence-corrected chi connectivity index (χ2v) is 8.64. The van der Waals surface area contributed by atoms with E-state index in [0.29, 0.717) is 22.8 Å². The van der Waals surface area contributed by atoms with Gasteiger partial charge in [-0.15, -0.1) is 0 Å². The molecule has 8 heteroatoms. The largest absolute Gasteiger partial charge is 0.390 e. The smallest absolute Gasteiger partial charge is 0.382 e. The Kier molecular flexibility index (Phi) is 6.19. The number of fused-ring (bicyclic) bond motifs is 1. The number of hydrogen-bond donors (Lipinski definition) is 2. The van der Waals surface area contributed by atoms with Crippen molar-refractivity contribution in [2.24, 2.45) is 5.92 Å². The highest BCUT2D eigenvalue weighted by Crippen LogP contribution is 2.31. The van der Waals surface area contributed by atoms with Crippen LogP contribution < -0.4 is 10.6 Å². The Labute approximate surface area is 190 Å². The zero-order valence-electron chi connectivity index (χ0n) is 18.8. The van der Waals surface area contributed by atoms with Crippen molar-refractivity contribution < 1.29 is 18.0 Å². The number of allylic oxidation sites excluding steroid dienone is 1. The molecule has 2 aromatic heterocycles. The average Bonchev–Trinajstić information content (AvgIpc) is 3.25. The summed E-state index contributed by atoms with van der Waals surface area (Å²) in [5, 5.41) is 5.93. The van der Waals surface area contributed by atoms with E-state index in [2.05, 4.69) is 22.5 Å². The number of nitrogens with one attached hydrogen (secondary N) is 2. The number of imidazole rings is 1. The van der Waals surface area contributed by atoms with Crippen molar-refractivity contribution in [2.45, 2.75) is 45.8 Å². The molecule has 0 radical (unpaired) electrons. The Morgan fingerprint density at radius 1 is 1.30 bits per heavy atom. The first kappa shape index (κ1) is 22.9. The number of aryl methyl sites for hydroxylation is 1. The summed E-state index contributed by atoms with van der Waals surface area (Å²) in [6, 6.07) is 7.67. The van der Waals surface area contributed by atoms with E-state index in [-0.39, 0.29) is 18.5 Å². The van der Waals surface area contributed by atoms with Gasteiger partial charge in [-0.2, -0.15) is 13.2 Å². The summed E-state index contributed by atoms with van der Waals surface area (Å²) >= 11 is 0. The van der Waals surface area contributed by atoms with Crippen LogP contribution in [0.1, 0.15) is 48.2 Å². The second kappa shape index (κ2) is 8.92. The van der Waals surface area contributed by atoms with Crippen LogP contribution in [-0.4, -0.2) is 34.1 Å². The molecule has 33 heavy (non-hydrogen) atoms. The number of halogens is 3. The second-order valence-electron chi connectivity index (χ2n) is 8.64. The van der Waals surface area contributed by atoms with Gasteiger partial charge in [-0.05, 0) is 55.5 Å². The van der Waals surface area contributed by atoms with Gasteiger partial charge in [-0.25, -0.2) is 4.98 Å². The lowest BCUT2D eigenvalue weighted by Crippen LogP contribution is -2.27. The number of amides is 1. The first-order chi connectivity index (χ1) is 15.7. The lowest BCUT2D eigenvalue weighted by molar-refractivity contribution is -0.131. The lowest BCUT2D eigenvalue weighted by Gasteiger charge is -2.13. The fourth-order valence-electron chi connectivity index (χ4n) is 3.92. The van der Waals surface area contributed by atoms with Gasteiger partial charge in [0, 0.05) is 29.9 Å². The number of pyridine rings is 1. The van der Waals surface area contributed by atoms with Crippen molar-refractivity contribution in [3.63, 3.8) is 0 Å². The van der Waals surface area contributed by atoms with Gasteiger partial charge in [-0.1, -0.05) is 25.1 Å². The quantitative estimate of drug-likeness (QED) is 0.469. The van der Waals surface area contributed by atoms with Gasteiger partial charge in [0.2, 0.25) is 0 Å². The van der Waals surface area contributed by atoms with Crippen molar-refractivity contribution in [3.8, 4) is 11.3 Å². The Hall–Kier alpha value is -3.29. The first-order valence-corrected chi connectivity index (χ1v) is 11.0. The Morgan fingerprint density at radius 3 is 2.70 bits per heavy atom. The molecule has 4 rings (SSSR count). The zero-order chi connectivity index (χ0) is 23.8. The number of aromatic nitrogens is 2. The van der Waals surface area contributed by atoms with E-state index < -0.39 is 12.6 Å². The third-order valence-corrected chi connectivity index (χ3v) is 5.90. The van der Waals surface area contributed by atoms with Crippen LogP contribution in [-0.2, 0) is 0 Å². The molecule has 0 saturated heterocycles. The molecular formula is C25H27F3N4O. The summed E-state index contributed by atoms with van der Waals surface area (Å²) in [4.78, 5) is 17.0. The molecule has 5 nitrogen and oxygen atoms in total. The minimum Gasteiger partial charge on any atom is -0.382 e. The number of carbonyl (C=O) groups is 1. The predicted molar refractivity (Wildman–Crippen MR) is 124 cm³/mol. The van der Waals surface area contributed by atoms with Crippen LogP contribution in [0.2, 0.25) is 0 Å². The number of carbonyl (C=O) groups excluding carboxylic acids is 1. The maximum absolute atomic E-state index is 12.6. The van der Waals surface area contributed by atoms with Crippen LogP contribution in [0.25, 0.3) is 23.0 Å². The average molecular weight is 457 g/mol. The normalized spacial score (nSPS) is 18.1. The summed E-state index contributed by atoms with van der Waals surface area (Å²) < 4.78 is 39.7.